The van der Waals surface area contributed by atoms with Gasteiger partial charge in [-0.25, -0.2) is 0 Å². The van der Waals surface area contributed by atoms with Gasteiger partial charge in [0.1, 0.15) is 11.3 Å². The zero-order valence-corrected chi connectivity index (χ0v) is 33.0. The van der Waals surface area contributed by atoms with Crippen LogP contribution in [0, 0.1) is 5.92 Å². The predicted octanol–water partition coefficient (Wildman–Crippen LogP) is 15.2. The molecule has 0 fully saturated rings. The van der Waals surface area contributed by atoms with Crippen LogP contribution >= 0.6 is 0 Å². The number of aromatic nitrogens is 2. The zero-order valence-electron chi connectivity index (χ0n) is 33.0. The van der Waals surface area contributed by atoms with Gasteiger partial charge in [-0.15, -0.1) is 0 Å². The van der Waals surface area contributed by atoms with E-state index in [9.17, 15) is 0 Å². The Labute approximate surface area is 341 Å². The third kappa shape index (κ3) is 4.70. The molecule has 8 aromatic carbocycles. The Morgan fingerprint density at radius 1 is 0.475 bits per heavy atom. The first-order chi connectivity index (χ1) is 29.1. The number of rotatable bonds is 3. The molecule has 59 heavy (non-hydrogen) atoms. The fourth-order valence-electron chi connectivity index (χ4n) is 10.8. The van der Waals surface area contributed by atoms with Crippen molar-refractivity contribution in [3.63, 3.8) is 0 Å². The Bertz CT molecular complexity index is 3610. The van der Waals surface area contributed by atoms with E-state index in [0.29, 0.717) is 5.92 Å². The fourth-order valence-corrected chi connectivity index (χ4v) is 10.8. The van der Waals surface area contributed by atoms with Crippen LogP contribution in [0.15, 0.2) is 162 Å². The number of benzene rings is 8. The number of furan rings is 1. The lowest BCUT2D eigenvalue weighted by Gasteiger charge is -2.22. The Kier molecular flexibility index (Phi) is 6.81. The number of para-hydroxylation sites is 3. The highest BCUT2D eigenvalue weighted by Gasteiger charge is 2.26. The van der Waals surface area contributed by atoms with Crippen molar-refractivity contribution in [1.82, 2.24) is 9.13 Å². The summed E-state index contributed by atoms with van der Waals surface area (Å²) in [5.41, 5.74) is 14.8. The first-order valence-electron chi connectivity index (χ1n) is 21.0. The van der Waals surface area contributed by atoms with E-state index in [-0.39, 0.29) is 5.92 Å². The number of nitrogens with zero attached hydrogens (tertiary/aromatic N) is 2. The molecular weight excluding hydrogens is 717 g/mol. The highest BCUT2D eigenvalue weighted by molar-refractivity contribution is 6.15. The summed E-state index contributed by atoms with van der Waals surface area (Å²) in [4.78, 5) is 0. The Morgan fingerprint density at radius 2 is 1.05 bits per heavy atom. The molecule has 0 radical (unpaired) electrons. The van der Waals surface area contributed by atoms with Crippen molar-refractivity contribution in [3.8, 4) is 11.4 Å². The standard InChI is InChI=1S/C56H40N2O/c1-33-19-23-42-46(27-33)40-12-4-3-11-39(40)41-24-21-37(31-47(41)42)58-53-18-10-7-15-45(53)48-29-35(20-25-54(48)58)36-28-34(2)56-50(30-36)49-32-38(22-26-55(49)59-56)57-51-16-8-5-13-43(51)44-14-6-9-17-52(44)57/h3-26,29-34H,27-28H2,1-2H3. The zero-order chi connectivity index (χ0) is 38.9. The van der Waals surface area contributed by atoms with Crippen molar-refractivity contribution in [1.29, 1.82) is 0 Å². The molecular formula is C56H40N2O. The van der Waals surface area contributed by atoms with Crippen molar-refractivity contribution >= 4 is 93.9 Å². The third-order valence-corrected chi connectivity index (χ3v) is 13.4. The van der Waals surface area contributed by atoms with Crippen molar-refractivity contribution < 1.29 is 4.42 Å². The molecule has 0 bridgehead atoms. The minimum Gasteiger partial charge on any atom is -0.460 e. The molecule has 0 amide bonds. The molecule has 3 aromatic heterocycles. The van der Waals surface area contributed by atoms with Gasteiger partial charge in [-0.2, -0.15) is 0 Å². The average molecular weight is 757 g/mol. The molecule has 3 nitrogen and oxygen atoms in total. The minimum atomic E-state index is 0.253. The van der Waals surface area contributed by atoms with Gasteiger partial charge in [0.25, 0.3) is 0 Å². The summed E-state index contributed by atoms with van der Waals surface area (Å²) < 4.78 is 11.5. The molecule has 2 atom stereocenters. The Balaban J connectivity index is 0.965. The molecule has 0 saturated carbocycles. The first kappa shape index (κ1) is 32.9. The lowest BCUT2D eigenvalue weighted by atomic mass is 9.83. The van der Waals surface area contributed by atoms with Crippen LogP contribution < -0.4 is 0 Å². The van der Waals surface area contributed by atoms with E-state index in [2.05, 4.69) is 193 Å². The largest absolute Gasteiger partial charge is 0.460 e. The van der Waals surface area contributed by atoms with Gasteiger partial charge < -0.3 is 13.6 Å². The van der Waals surface area contributed by atoms with E-state index in [1.54, 1.807) is 0 Å². The Hall–Kier alpha value is -7.10. The predicted molar refractivity (Wildman–Crippen MR) is 249 cm³/mol. The molecule has 0 N–H and O–H groups in total. The SMILES string of the molecule is CC1C=Cc2c(c3ccccc3c3ccc(-n4c5ccccc5c5cc(C6=Cc7c(oc8ccc(-n9c%10ccccc%10c%10ccccc%109)cc78)C(C)C6)ccc54)cc23)C1. The van der Waals surface area contributed by atoms with E-state index in [1.807, 2.05) is 0 Å². The molecule has 0 spiro atoms. The molecule has 0 saturated heterocycles. The van der Waals surface area contributed by atoms with Crippen molar-refractivity contribution in [2.75, 3.05) is 0 Å². The molecule has 3 heterocycles. The fraction of sp³-hybridized carbons (Fsp3) is 0.107. The van der Waals surface area contributed by atoms with Crippen LogP contribution in [0.5, 0.6) is 0 Å². The maximum atomic E-state index is 6.65. The summed E-state index contributed by atoms with van der Waals surface area (Å²) in [7, 11) is 0. The van der Waals surface area contributed by atoms with Crippen LogP contribution in [-0.4, -0.2) is 9.13 Å². The van der Waals surface area contributed by atoms with Crippen molar-refractivity contribution in [2.24, 2.45) is 5.92 Å². The van der Waals surface area contributed by atoms with E-state index in [0.717, 1.165) is 35.3 Å². The number of hydrogen-bond donors (Lipinski definition) is 0. The van der Waals surface area contributed by atoms with Gasteiger partial charge >= 0.3 is 0 Å². The molecule has 13 rings (SSSR count). The molecule has 11 aromatic rings. The van der Waals surface area contributed by atoms with Crippen LogP contribution in [0.25, 0.3) is 105 Å². The average Bonchev–Trinajstić information content (AvgIpc) is 3.94. The normalized spacial score (nSPS) is 16.5. The number of allylic oxidation sites excluding steroid dienone is 2. The van der Waals surface area contributed by atoms with Gasteiger partial charge in [-0.1, -0.05) is 117 Å². The highest BCUT2D eigenvalue weighted by Crippen LogP contribution is 2.46. The summed E-state index contributed by atoms with van der Waals surface area (Å²) >= 11 is 0. The maximum absolute atomic E-state index is 6.65. The van der Waals surface area contributed by atoms with Crippen LogP contribution in [-0.2, 0) is 6.42 Å². The summed E-state index contributed by atoms with van der Waals surface area (Å²) in [5.74, 6) is 1.86. The minimum absolute atomic E-state index is 0.253. The molecule has 3 heteroatoms. The third-order valence-electron chi connectivity index (χ3n) is 13.4. The number of hydrogen-bond acceptors (Lipinski definition) is 1. The second kappa shape index (κ2) is 12.2. The van der Waals surface area contributed by atoms with Crippen LogP contribution in [0.3, 0.4) is 0 Å². The van der Waals surface area contributed by atoms with Gasteiger partial charge in [-0.3, -0.25) is 0 Å². The van der Waals surface area contributed by atoms with Gasteiger partial charge in [0.2, 0.25) is 0 Å². The van der Waals surface area contributed by atoms with E-state index >= 15 is 0 Å². The van der Waals surface area contributed by atoms with Gasteiger partial charge in [0, 0.05) is 49.8 Å². The quantitative estimate of drug-likeness (QED) is 0.165. The summed E-state index contributed by atoms with van der Waals surface area (Å²) in [6.07, 6.45) is 9.15. The topological polar surface area (TPSA) is 23.0 Å². The molecule has 2 aliphatic rings. The van der Waals surface area contributed by atoms with Crippen LogP contribution in [0.4, 0.5) is 0 Å². The van der Waals surface area contributed by atoms with E-state index in [4.69, 9.17) is 4.42 Å². The Morgan fingerprint density at radius 3 is 1.76 bits per heavy atom. The van der Waals surface area contributed by atoms with Crippen LogP contribution in [0.2, 0.25) is 0 Å². The van der Waals surface area contributed by atoms with E-state index in [1.165, 1.54) is 98.7 Å². The molecule has 280 valence electrons. The van der Waals surface area contributed by atoms with E-state index < -0.39 is 0 Å². The molecule has 0 aliphatic heterocycles. The lowest BCUT2D eigenvalue weighted by molar-refractivity contribution is 0.506. The second-order valence-electron chi connectivity index (χ2n) is 17.0. The number of fused-ring (bicyclic) bond motifs is 15. The lowest BCUT2D eigenvalue weighted by Crippen LogP contribution is -2.05. The first-order valence-corrected chi connectivity index (χ1v) is 21.0. The monoisotopic (exact) mass is 756 g/mol. The smallest absolute Gasteiger partial charge is 0.135 e. The van der Waals surface area contributed by atoms with Crippen molar-refractivity contribution in [3.05, 3.63) is 186 Å². The highest BCUT2D eigenvalue weighted by atomic mass is 16.3. The van der Waals surface area contributed by atoms with Gasteiger partial charge in [0.15, 0.2) is 0 Å². The summed E-state index contributed by atoms with van der Waals surface area (Å²) in [6.45, 7) is 4.63. The van der Waals surface area contributed by atoms with Crippen LogP contribution in [0.1, 0.15) is 54.2 Å². The molecule has 2 unspecified atom stereocenters. The maximum Gasteiger partial charge on any atom is 0.135 e. The second-order valence-corrected chi connectivity index (χ2v) is 17.0. The van der Waals surface area contributed by atoms with Crippen molar-refractivity contribution in [2.45, 2.75) is 32.6 Å². The van der Waals surface area contributed by atoms with Gasteiger partial charge in [0.05, 0.1) is 22.1 Å². The molecule has 2 aliphatic carbocycles. The summed E-state index contributed by atoms with van der Waals surface area (Å²) in [5, 5.41) is 11.6. The van der Waals surface area contributed by atoms with Gasteiger partial charge in [-0.05, 0) is 129 Å². The summed E-state index contributed by atoms with van der Waals surface area (Å²) in [6, 6.07) is 56.2.